The lowest BCUT2D eigenvalue weighted by atomic mass is 9.47. The first-order valence-corrected chi connectivity index (χ1v) is 9.30. The highest BCUT2D eigenvalue weighted by atomic mass is 16.6. The minimum atomic E-state index is -0.648. The van der Waals surface area contributed by atoms with E-state index in [0.29, 0.717) is 11.8 Å². The fraction of sp³-hybridized carbons (Fsp3) is 0.750. The predicted octanol–water partition coefficient (Wildman–Crippen LogP) is 3.39. The van der Waals surface area contributed by atoms with E-state index in [1.54, 1.807) is 6.07 Å². The van der Waals surface area contributed by atoms with Crippen molar-refractivity contribution >= 4 is 11.9 Å². The van der Waals surface area contributed by atoms with Crippen molar-refractivity contribution in [1.29, 1.82) is 5.26 Å². The lowest BCUT2D eigenvalue weighted by Gasteiger charge is -2.61. The molecule has 0 aliphatic heterocycles. The number of ether oxygens (including phenoxy) is 2. The molecule has 0 heterocycles. The van der Waals surface area contributed by atoms with Crippen LogP contribution in [-0.4, -0.2) is 24.1 Å². The van der Waals surface area contributed by atoms with Gasteiger partial charge in [-0.25, -0.2) is 4.79 Å². The molecule has 136 valence electrons. The van der Waals surface area contributed by atoms with Crippen molar-refractivity contribution in [2.45, 2.75) is 58.0 Å². The van der Waals surface area contributed by atoms with Crippen LogP contribution in [0, 0.1) is 40.9 Å². The summed E-state index contributed by atoms with van der Waals surface area (Å²) in [4.78, 5) is 23.9. The van der Waals surface area contributed by atoms with E-state index in [2.05, 4.69) is 20.4 Å². The summed E-state index contributed by atoms with van der Waals surface area (Å²) in [5.74, 6) is 1.59. The van der Waals surface area contributed by atoms with Gasteiger partial charge in [0.25, 0.3) is 0 Å². The largest absolute Gasteiger partial charge is 0.460 e. The summed E-state index contributed by atoms with van der Waals surface area (Å²) in [6.07, 6.45) is 5.64. The van der Waals surface area contributed by atoms with E-state index < -0.39 is 17.5 Å². The van der Waals surface area contributed by atoms with Gasteiger partial charge in [-0.15, -0.1) is 0 Å². The average molecular weight is 345 g/mol. The summed E-state index contributed by atoms with van der Waals surface area (Å²) in [6.45, 7) is 7.80. The molecule has 5 nitrogen and oxygen atoms in total. The van der Waals surface area contributed by atoms with Crippen molar-refractivity contribution in [3.63, 3.8) is 0 Å². The van der Waals surface area contributed by atoms with E-state index in [1.165, 1.54) is 6.42 Å². The van der Waals surface area contributed by atoms with Crippen LogP contribution in [-0.2, 0) is 19.1 Å². The third kappa shape index (κ3) is 3.19. The monoisotopic (exact) mass is 345 g/mol. The zero-order valence-electron chi connectivity index (χ0n) is 15.1. The first kappa shape index (κ1) is 18.0. The molecule has 4 rings (SSSR count). The number of rotatable bonds is 6. The predicted molar refractivity (Wildman–Crippen MR) is 91.0 cm³/mol. The van der Waals surface area contributed by atoms with Gasteiger partial charge in [0.05, 0.1) is 11.6 Å². The number of esters is 2. The standard InChI is InChI=1S/C20H27NO4/c1-12(2)20(16-7-14-6-15(9-16)10-17(20)8-14)25-19(23)13(3)11-24-18(22)4-5-21/h12,14-17H,3-4,6-11H2,1-2H3. The molecule has 0 radical (unpaired) electrons. The van der Waals surface area contributed by atoms with Crippen LogP contribution in [0.15, 0.2) is 12.2 Å². The topological polar surface area (TPSA) is 76.4 Å². The van der Waals surface area contributed by atoms with Gasteiger partial charge in [0.15, 0.2) is 0 Å². The van der Waals surface area contributed by atoms with Crippen LogP contribution >= 0.6 is 0 Å². The molecule has 4 aliphatic carbocycles. The fourth-order valence-electron chi connectivity index (χ4n) is 5.72. The summed E-state index contributed by atoms with van der Waals surface area (Å²) in [6, 6.07) is 1.72. The van der Waals surface area contributed by atoms with Crippen LogP contribution in [0.5, 0.6) is 0 Å². The van der Waals surface area contributed by atoms with Gasteiger partial charge in [0.1, 0.15) is 18.6 Å². The Kier molecular flexibility index (Phi) is 4.90. The second-order valence-electron chi connectivity index (χ2n) is 8.30. The van der Waals surface area contributed by atoms with Crippen molar-refractivity contribution in [2.75, 3.05) is 6.61 Å². The van der Waals surface area contributed by atoms with Gasteiger partial charge >= 0.3 is 11.9 Å². The number of nitrogens with zero attached hydrogens (tertiary/aromatic N) is 1. The molecule has 0 aromatic heterocycles. The molecule has 25 heavy (non-hydrogen) atoms. The Morgan fingerprint density at radius 3 is 2.20 bits per heavy atom. The quantitative estimate of drug-likeness (QED) is 0.545. The third-order valence-corrected chi connectivity index (χ3v) is 6.51. The van der Waals surface area contributed by atoms with Crippen LogP contribution in [0.3, 0.4) is 0 Å². The van der Waals surface area contributed by atoms with Gasteiger partial charge in [-0.2, -0.15) is 5.26 Å². The van der Waals surface area contributed by atoms with Crippen molar-refractivity contribution < 1.29 is 19.1 Å². The Bertz CT molecular complexity index is 588. The zero-order valence-corrected chi connectivity index (χ0v) is 15.1. The maximum absolute atomic E-state index is 12.6. The smallest absolute Gasteiger partial charge is 0.337 e. The lowest BCUT2D eigenvalue weighted by molar-refractivity contribution is -0.222. The van der Waals surface area contributed by atoms with Gasteiger partial charge in [-0.3, -0.25) is 4.79 Å². The molecule has 0 atom stereocenters. The molecule has 4 aliphatic rings. The second-order valence-corrected chi connectivity index (χ2v) is 8.30. The highest BCUT2D eigenvalue weighted by Crippen LogP contribution is 2.61. The Morgan fingerprint density at radius 2 is 1.72 bits per heavy atom. The SMILES string of the molecule is C=C(COC(=O)CC#N)C(=O)OC1(C(C)C)C2CC3CC(C2)CC1C3. The average Bonchev–Trinajstić information content (AvgIpc) is 2.55. The van der Waals surface area contributed by atoms with Gasteiger partial charge < -0.3 is 9.47 Å². The molecule has 0 spiro atoms. The minimum absolute atomic E-state index is 0.139. The summed E-state index contributed by atoms with van der Waals surface area (Å²) in [5.41, 5.74) is -0.274. The number of hydrogen-bond donors (Lipinski definition) is 0. The third-order valence-electron chi connectivity index (χ3n) is 6.51. The van der Waals surface area contributed by atoms with E-state index in [0.717, 1.165) is 37.5 Å². The number of carbonyl (C=O) groups excluding carboxylic acids is 2. The van der Waals surface area contributed by atoms with Gasteiger partial charge in [-0.05, 0) is 61.7 Å². The highest BCUT2D eigenvalue weighted by molar-refractivity contribution is 5.89. The Morgan fingerprint density at radius 1 is 1.16 bits per heavy atom. The molecule has 4 bridgehead atoms. The molecule has 5 heteroatoms. The van der Waals surface area contributed by atoms with Crippen molar-refractivity contribution in [3.8, 4) is 6.07 Å². The van der Waals surface area contributed by atoms with Gasteiger partial charge in [0, 0.05) is 0 Å². The van der Waals surface area contributed by atoms with Crippen molar-refractivity contribution in [3.05, 3.63) is 12.2 Å². The first-order chi connectivity index (χ1) is 11.9. The second kappa shape index (κ2) is 6.82. The molecule has 4 fully saturated rings. The summed E-state index contributed by atoms with van der Waals surface area (Å²) < 4.78 is 11.0. The number of carbonyl (C=O) groups is 2. The van der Waals surface area contributed by atoms with Crippen LogP contribution in [0.4, 0.5) is 0 Å². The normalized spacial score (nSPS) is 35.3. The summed E-state index contributed by atoms with van der Waals surface area (Å²) in [7, 11) is 0. The fourth-order valence-corrected chi connectivity index (χ4v) is 5.72. The molecule has 0 N–H and O–H groups in total. The minimum Gasteiger partial charge on any atom is -0.460 e. The van der Waals surface area contributed by atoms with Gasteiger partial charge in [0.2, 0.25) is 0 Å². The molecule has 0 unspecified atom stereocenters. The Balaban J connectivity index is 1.68. The van der Waals surface area contributed by atoms with Crippen molar-refractivity contribution in [2.24, 2.45) is 29.6 Å². The summed E-state index contributed by atoms with van der Waals surface area (Å²) in [5, 5.41) is 8.47. The maximum Gasteiger partial charge on any atom is 0.337 e. The lowest BCUT2D eigenvalue weighted by Crippen LogP contribution is -2.62. The molecular weight excluding hydrogens is 318 g/mol. The molecule has 0 saturated heterocycles. The molecular formula is C20H27NO4. The van der Waals surface area contributed by atoms with E-state index in [9.17, 15) is 9.59 Å². The molecule has 0 amide bonds. The van der Waals surface area contributed by atoms with E-state index in [1.807, 2.05) is 0 Å². The zero-order chi connectivity index (χ0) is 18.2. The number of hydrogen-bond acceptors (Lipinski definition) is 5. The van der Waals surface area contributed by atoms with Crippen LogP contribution in [0.2, 0.25) is 0 Å². The van der Waals surface area contributed by atoms with Crippen LogP contribution in [0.25, 0.3) is 0 Å². The maximum atomic E-state index is 12.6. The van der Waals surface area contributed by atoms with Crippen molar-refractivity contribution in [1.82, 2.24) is 0 Å². The molecule has 0 aromatic carbocycles. The summed E-state index contributed by atoms with van der Waals surface area (Å²) >= 11 is 0. The molecule has 4 saturated carbocycles. The van der Waals surface area contributed by atoms with E-state index in [-0.39, 0.29) is 24.5 Å². The van der Waals surface area contributed by atoms with Gasteiger partial charge in [-0.1, -0.05) is 20.4 Å². The van der Waals surface area contributed by atoms with E-state index >= 15 is 0 Å². The highest BCUT2D eigenvalue weighted by Gasteiger charge is 2.60. The van der Waals surface area contributed by atoms with Crippen LogP contribution in [0.1, 0.15) is 52.4 Å². The van der Waals surface area contributed by atoms with Crippen LogP contribution < -0.4 is 0 Å². The molecule has 0 aromatic rings. The Hall–Kier alpha value is -1.83. The Labute approximate surface area is 149 Å². The van der Waals surface area contributed by atoms with E-state index in [4.69, 9.17) is 14.7 Å². The number of nitriles is 1. The first-order valence-electron chi connectivity index (χ1n) is 9.30.